The zero-order chi connectivity index (χ0) is 21.4. The second-order valence-electron chi connectivity index (χ2n) is 6.59. The number of carbonyl (C=O) groups is 1. The van der Waals surface area contributed by atoms with Gasteiger partial charge in [0.1, 0.15) is 12.0 Å². The summed E-state index contributed by atoms with van der Waals surface area (Å²) in [6.45, 7) is 0. The molecule has 1 atom stereocenters. The number of hydrogen-bond donors (Lipinski definition) is 2. The predicted molar refractivity (Wildman–Crippen MR) is 107 cm³/mol. The van der Waals surface area contributed by atoms with Crippen LogP contribution in [0.4, 0.5) is 21.5 Å². The van der Waals surface area contributed by atoms with Crippen LogP contribution in [0.15, 0.2) is 60.7 Å². The summed E-state index contributed by atoms with van der Waals surface area (Å²) in [5.41, 5.74) is 1.09. The molecule has 1 amide bonds. The van der Waals surface area contributed by atoms with Crippen LogP contribution in [0.3, 0.4) is 0 Å². The van der Waals surface area contributed by atoms with Gasteiger partial charge in [0.15, 0.2) is 5.75 Å². The molecule has 3 aromatic carbocycles. The fraction of sp³-hybridized carbons (Fsp3) is 0.0952. The van der Waals surface area contributed by atoms with Gasteiger partial charge in [-0.2, -0.15) is 0 Å². The second kappa shape index (κ2) is 7.36. The molecule has 3 aromatic rings. The summed E-state index contributed by atoms with van der Waals surface area (Å²) in [4.78, 5) is 25.4. The molecule has 0 saturated heterocycles. The lowest BCUT2D eigenvalue weighted by Gasteiger charge is -2.38. The Hall–Kier alpha value is -4.14. The summed E-state index contributed by atoms with van der Waals surface area (Å²) in [5.74, 6) is -1.54. The molecule has 0 spiro atoms. The number of phenolic OH excluding ortho intramolecular Hbond substituents is 1. The lowest BCUT2D eigenvalue weighted by molar-refractivity contribution is -0.386. The van der Waals surface area contributed by atoms with E-state index in [9.17, 15) is 24.4 Å². The Morgan fingerprint density at radius 2 is 1.87 bits per heavy atom. The SMILES string of the molecule is COc1cc([C@H]2Nc3ccccc3C(=O)N2c2ccc(F)cc2)cc([N+](=O)[O-])c1O. The number of aromatic hydroxyl groups is 1. The topological polar surface area (TPSA) is 105 Å². The van der Waals surface area contributed by atoms with E-state index >= 15 is 0 Å². The molecule has 1 aliphatic heterocycles. The minimum atomic E-state index is -0.869. The molecule has 1 heterocycles. The van der Waals surface area contributed by atoms with Gasteiger partial charge in [0.2, 0.25) is 5.75 Å². The van der Waals surface area contributed by atoms with E-state index in [0.717, 1.165) is 0 Å². The molecule has 8 nitrogen and oxygen atoms in total. The number of halogens is 1. The number of nitro groups is 1. The molecule has 30 heavy (non-hydrogen) atoms. The Labute approximate surface area is 170 Å². The van der Waals surface area contributed by atoms with Gasteiger partial charge < -0.3 is 15.2 Å². The zero-order valence-electron chi connectivity index (χ0n) is 15.7. The normalized spacial score (nSPS) is 15.3. The highest BCUT2D eigenvalue weighted by atomic mass is 19.1. The summed E-state index contributed by atoms with van der Waals surface area (Å²) in [6, 6.07) is 14.8. The van der Waals surface area contributed by atoms with Gasteiger partial charge in [-0.05, 0) is 42.5 Å². The first-order valence-corrected chi connectivity index (χ1v) is 8.90. The van der Waals surface area contributed by atoms with E-state index in [-0.39, 0.29) is 11.7 Å². The van der Waals surface area contributed by atoms with Crippen LogP contribution in [0.25, 0.3) is 0 Å². The Morgan fingerprint density at radius 3 is 2.53 bits per heavy atom. The number of hydrogen-bond acceptors (Lipinski definition) is 6. The van der Waals surface area contributed by atoms with Crippen LogP contribution in [-0.2, 0) is 0 Å². The summed E-state index contributed by atoms with van der Waals surface area (Å²) in [7, 11) is 1.27. The van der Waals surface area contributed by atoms with Gasteiger partial charge >= 0.3 is 5.69 Å². The maximum absolute atomic E-state index is 13.5. The summed E-state index contributed by atoms with van der Waals surface area (Å²) in [6.07, 6.45) is -0.869. The number of nitrogens with zero attached hydrogens (tertiary/aromatic N) is 2. The third-order valence-corrected chi connectivity index (χ3v) is 4.84. The Balaban J connectivity index is 1.92. The molecule has 2 N–H and O–H groups in total. The first-order valence-electron chi connectivity index (χ1n) is 8.90. The third-order valence-electron chi connectivity index (χ3n) is 4.84. The Morgan fingerprint density at radius 1 is 1.17 bits per heavy atom. The molecule has 0 fully saturated rings. The molecular weight excluding hydrogens is 393 g/mol. The molecule has 152 valence electrons. The molecule has 0 bridgehead atoms. The first-order chi connectivity index (χ1) is 14.4. The molecule has 0 aromatic heterocycles. The van der Waals surface area contributed by atoms with Gasteiger partial charge in [0.05, 0.1) is 17.6 Å². The minimum absolute atomic E-state index is 0.105. The maximum atomic E-state index is 13.5. The number of carbonyl (C=O) groups excluding carboxylic acids is 1. The van der Waals surface area contributed by atoms with Crippen LogP contribution < -0.4 is 15.0 Å². The fourth-order valence-corrected chi connectivity index (χ4v) is 3.42. The van der Waals surface area contributed by atoms with Crippen molar-refractivity contribution in [2.75, 3.05) is 17.3 Å². The van der Waals surface area contributed by atoms with E-state index in [0.29, 0.717) is 22.5 Å². The molecule has 0 saturated carbocycles. The van der Waals surface area contributed by atoms with Crippen LogP contribution in [0.1, 0.15) is 22.1 Å². The number of amides is 1. The van der Waals surface area contributed by atoms with Crippen molar-refractivity contribution >= 4 is 23.0 Å². The minimum Gasteiger partial charge on any atom is -0.500 e. The molecule has 1 aliphatic rings. The van der Waals surface area contributed by atoms with Crippen molar-refractivity contribution in [1.82, 2.24) is 0 Å². The largest absolute Gasteiger partial charge is 0.500 e. The predicted octanol–water partition coefficient (Wildman–Crippen LogP) is 4.22. The summed E-state index contributed by atoms with van der Waals surface area (Å²) in [5, 5.41) is 24.7. The first kappa shape index (κ1) is 19.2. The second-order valence-corrected chi connectivity index (χ2v) is 6.59. The van der Waals surface area contributed by atoms with Crippen molar-refractivity contribution in [1.29, 1.82) is 0 Å². The van der Waals surface area contributed by atoms with Crippen LogP contribution >= 0.6 is 0 Å². The van der Waals surface area contributed by atoms with Crippen LogP contribution in [-0.4, -0.2) is 23.0 Å². The van der Waals surface area contributed by atoms with Crippen molar-refractivity contribution in [2.24, 2.45) is 0 Å². The molecule has 4 rings (SSSR count). The number of rotatable bonds is 4. The van der Waals surface area contributed by atoms with Crippen LogP contribution in [0, 0.1) is 15.9 Å². The van der Waals surface area contributed by atoms with E-state index in [4.69, 9.17) is 4.74 Å². The Bertz CT molecular complexity index is 1150. The fourth-order valence-electron chi connectivity index (χ4n) is 3.42. The number of benzene rings is 3. The third kappa shape index (κ3) is 3.16. The van der Waals surface area contributed by atoms with Crippen molar-refractivity contribution in [3.05, 3.63) is 87.7 Å². The monoisotopic (exact) mass is 409 g/mol. The number of ether oxygens (including phenoxy) is 1. The van der Waals surface area contributed by atoms with Gasteiger partial charge in [0.25, 0.3) is 5.91 Å². The molecule has 0 aliphatic carbocycles. The summed E-state index contributed by atoms with van der Waals surface area (Å²) < 4.78 is 18.5. The maximum Gasteiger partial charge on any atom is 0.315 e. The number of anilines is 2. The van der Waals surface area contributed by atoms with E-state index < -0.39 is 28.3 Å². The van der Waals surface area contributed by atoms with Crippen LogP contribution in [0.2, 0.25) is 0 Å². The molecule has 0 unspecified atom stereocenters. The number of nitro benzene ring substituents is 1. The van der Waals surface area contributed by atoms with Gasteiger partial charge in [-0.3, -0.25) is 19.8 Å². The van der Waals surface area contributed by atoms with Crippen LogP contribution in [0.5, 0.6) is 11.5 Å². The number of phenols is 1. The van der Waals surface area contributed by atoms with Crippen molar-refractivity contribution in [2.45, 2.75) is 6.17 Å². The number of methoxy groups -OCH3 is 1. The van der Waals surface area contributed by atoms with E-state index in [1.54, 1.807) is 24.3 Å². The molecule has 9 heteroatoms. The molecular formula is C21H16FN3O5. The molecule has 0 radical (unpaired) electrons. The number of nitrogens with one attached hydrogen (secondary N) is 1. The average molecular weight is 409 g/mol. The number of fused-ring (bicyclic) bond motifs is 1. The standard InChI is InChI=1S/C21H16FN3O5/c1-30-18-11-12(10-17(19(18)26)25(28)29)20-23-16-5-3-2-4-15(16)21(27)24(20)14-8-6-13(22)7-9-14/h2-11,20,23,26H,1H3/t20-/m0/s1. The number of para-hydroxylation sites is 1. The van der Waals surface area contributed by atoms with Crippen molar-refractivity contribution < 1.29 is 24.0 Å². The quantitative estimate of drug-likeness (QED) is 0.494. The van der Waals surface area contributed by atoms with E-state index in [1.165, 1.54) is 48.4 Å². The van der Waals surface area contributed by atoms with Gasteiger partial charge in [-0.15, -0.1) is 0 Å². The summed E-state index contributed by atoms with van der Waals surface area (Å²) >= 11 is 0. The van der Waals surface area contributed by atoms with Gasteiger partial charge in [0, 0.05) is 23.0 Å². The zero-order valence-corrected chi connectivity index (χ0v) is 15.7. The smallest absolute Gasteiger partial charge is 0.315 e. The lowest BCUT2D eigenvalue weighted by atomic mass is 10.0. The highest BCUT2D eigenvalue weighted by Crippen LogP contribution is 2.42. The highest BCUT2D eigenvalue weighted by molar-refractivity contribution is 6.12. The van der Waals surface area contributed by atoms with E-state index in [1.807, 2.05) is 0 Å². The average Bonchev–Trinajstić information content (AvgIpc) is 2.74. The van der Waals surface area contributed by atoms with Crippen molar-refractivity contribution in [3.63, 3.8) is 0 Å². The van der Waals surface area contributed by atoms with E-state index in [2.05, 4.69) is 5.32 Å². The highest BCUT2D eigenvalue weighted by Gasteiger charge is 2.36. The van der Waals surface area contributed by atoms with Gasteiger partial charge in [-0.1, -0.05) is 12.1 Å². The van der Waals surface area contributed by atoms with Crippen molar-refractivity contribution in [3.8, 4) is 11.5 Å². The Kier molecular flexibility index (Phi) is 4.71. The van der Waals surface area contributed by atoms with Gasteiger partial charge in [-0.25, -0.2) is 4.39 Å². The lowest BCUT2D eigenvalue weighted by Crippen LogP contribution is -2.43.